The van der Waals surface area contributed by atoms with Crippen LogP contribution < -0.4 is 4.74 Å². The lowest BCUT2D eigenvalue weighted by Gasteiger charge is -2.22. The summed E-state index contributed by atoms with van der Waals surface area (Å²) in [6.07, 6.45) is 0. The molecule has 1 aliphatic rings. The molecule has 2 heterocycles. The molecule has 2 heteroatoms. The van der Waals surface area contributed by atoms with Crippen LogP contribution in [0.4, 0.5) is 0 Å². The van der Waals surface area contributed by atoms with Crippen molar-refractivity contribution in [2.24, 2.45) is 0 Å². The quantitative estimate of drug-likeness (QED) is 0.205. The lowest BCUT2D eigenvalue weighted by atomic mass is 9.91. The van der Waals surface area contributed by atoms with Gasteiger partial charge in [-0.25, -0.2) is 0 Å². The number of nitrogens with zero attached hydrogens (tertiary/aromatic N) is 1. The lowest BCUT2D eigenvalue weighted by Crippen LogP contribution is -1.97. The van der Waals surface area contributed by atoms with Gasteiger partial charge in [-0.2, -0.15) is 0 Å². The van der Waals surface area contributed by atoms with Crippen molar-refractivity contribution in [1.82, 2.24) is 4.57 Å². The topological polar surface area (TPSA) is 14.2 Å². The fraction of sp³-hybridized carbons (Fsp3) is 0. The van der Waals surface area contributed by atoms with Crippen LogP contribution in [0.3, 0.4) is 0 Å². The Morgan fingerprint density at radius 3 is 2.02 bits per heavy atom. The molecular formula is C42H25NO. The van der Waals surface area contributed by atoms with E-state index in [1.165, 1.54) is 76.5 Å². The second-order valence-electron chi connectivity index (χ2n) is 11.7. The van der Waals surface area contributed by atoms with Crippen LogP contribution in [0, 0.1) is 0 Å². The number of ether oxygens (including phenoxy) is 1. The molecule has 0 unspecified atom stereocenters. The van der Waals surface area contributed by atoms with Gasteiger partial charge < -0.3 is 9.30 Å². The molecule has 2 nitrogen and oxygen atoms in total. The van der Waals surface area contributed by atoms with Crippen molar-refractivity contribution in [1.29, 1.82) is 0 Å². The van der Waals surface area contributed by atoms with E-state index in [1.807, 2.05) is 0 Å². The predicted octanol–water partition coefficient (Wildman–Crippen LogP) is 11.7. The molecule has 1 aromatic heterocycles. The number of fused-ring (bicyclic) bond motifs is 8. The van der Waals surface area contributed by atoms with Gasteiger partial charge in [-0.15, -0.1) is 0 Å². The van der Waals surface area contributed by atoms with Crippen LogP contribution in [0.1, 0.15) is 0 Å². The second kappa shape index (κ2) is 8.82. The molecule has 0 saturated heterocycles. The first-order valence-corrected chi connectivity index (χ1v) is 15.1. The maximum Gasteiger partial charge on any atom is 0.135 e. The van der Waals surface area contributed by atoms with Crippen molar-refractivity contribution < 1.29 is 4.74 Å². The van der Waals surface area contributed by atoms with Crippen molar-refractivity contribution >= 4 is 54.1 Å². The third kappa shape index (κ3) is 3.20. The van der Waals surface area contributed by atoms with E-state index in [9.17, 15) is 0 Å². The van der Waals surface area contributed by atoms with Crippen LogP contribution in [0.5, 0.6) is 11.5 Å². The molecule has 204 valence electrons. The molecule has 8 aromatic carbocycles. The van der Waals surface area contributed by atoms with Gasteiger partial charge >= 0.3 is 0 Å². The van der Waals surface area contributed by atoms with Gasteiger partial charge in [0, 0.05) is 32.5 Å². The van der Waals surface area contributed by atoms with Gasteiger partial charge in [0.05, 0.1) is 16.7 Å². The van der Waals surface area contributed by atoms with E-state index in [-0.39, 0.29) is 0 Å². The monoisotopic (exact) mass is 559 g/mol. The Labute approximate surface area is 254 Å². The number of hydrogen-bond donors (Lipinski definition) is 0. The van der Waals surface area contributed by atoms with E-state index >= 15 is 0 Å². The summed E-state index contributed by atoms with van der Waals surface area (Å²) in [6, 6.07) is 54.8. The molecular weight excluding hydrogens is 534 g/mol. The average molecular weight is 560 g/mol. The van der Waals surface area contributed by atoms with Gasteiger partial charge in [0.25, 0.3) is 0 Å². The summed E-state index contributed by atoms with van der Waals surface area (Å²) >= 11 is 0. The van der Waals surface area contributed by atoms with Crippen LogP contribution in [0.15, 0.2) is 152 Å². The minimum absolute atomic E-state index is 0.899. The standard InChI is InChI=1S/C42H25NO/c1-3-14-30-26(9-1)11-6-18-36(30)43-37-19-8-16-31(41(37)34-23-21-27-10-2-4-15-32(27)42(34)43)29-22-24-38-35(25-29)33-17-5-12-28-13-7-20-39(44-38)40(28)33/h1-25H. The summed E-state index contributed by atoms with van der Waals surface area (Å²) in [5.74, 6) is 1.82. The van der Waals surface area contributed by atoms with E-state index in [4.69, 9.17) is 4.74 Å². The summed E-state index contributed by atoms with van der Waals surface area (Å²) in [5, 5.41) is 9.86. The Kier molecular flexibility index (Phi) is 4.75. The van der Waals surface area contributed by atoms with Gasteiger partial charge in [-0.3, -0.25) is 0 Å². The zero-order chi connectivity index (χ0) is 28.8. The van der Waals surface area contributed by atoms with Crippen molar-refractivity contribution in [3.8, 4) is 39.4 Å². The third-order valence-electron chi connectivity index (χ3n) is 9.35. The Morgan fingerprint density at radius 2 is 1.11 bits per heavy atom. The van der Waals surface area contributed by atoms with E-state index in [2.05, 4.69) is 156 Å². The van der Waals surface area contributed by atoms with Gasteiger partial charge in [0.2, 0.25) is 0 Å². The first-order chi connectivity index (χ1) is 21.8. The van der Waals surface area contributed by atoms with Gasteiger partial charge in [0.15, 0.2) is 0 Å². The first kappa shape index (κ1) is 23.7. The van der Waals surface area contributed by atoms with Crippen molar-refractivity contribution in [3.05, 3.63) is 152 Å². The van der Waals surface area contributed by atoms with Crippen molar-refractivity contribution in [3.63, 3.8) is 0 Å². The Morgan fingerprint density at radius 1 is 0.409 bits per heavy atom. The molecule has 10 rings (SSSR count). The smallest absolute Gasteiger partial charge is 0.135 e. The summed E-state index contributed by atoms with van der Waals surface area (Å²) in [6.45, 7) is 0. The summed E-state index contributed by atoms with van der Waals surface area (Å²) in [5.41, 5.74) is 8.38. The normalized spacial score (nSPS) is 12.3. The molecule has 0 spiro atoms. The molecule has 44 heavy (non-hydrogen) atoms. The molecule has 1 aliphatic heterocycles. The zero-order valence-electron chi connectivity index (χ0n) is 23.8. The minimum atomic E-state index is 0.899. The SMILES string of the molecule is c1ccc2c(-n3c4cccc(-c5ccc6c(c5)-c5cccc7cccc(c57)O6)c4c4ccc5ccccc5c43)cccc2c1. The second-order valence-corrected chi connectivity index (χ2v) is 11.7. The third-order valence-corrected chi connectivity index (χ3v) is 9.35. The molecule has 0 atom stereocenters. The molecule has 0 aliphatic carbocycles. The molecule has 0 amide bonds. The average Bonchev–Trinajstić information content (AvgIpc) is 3.43. The number of rotatable bonds is 2. The van der Waals surface area contributed by atoms with Crippen LogP contribution in [0.25, 0.3) is 82.1 Å². The molecule has 0 radical (unpaired) electrons. The lowest BCUT2D eigenvalue weighted by molar-refractivity contribution is 0.487. The predicted molar refractivity (Wildman–Crippen MR) is 184 cm³/mol. The largest absolute Gasteiger partial charge is 0.456 e. The van der Waals surface area contributed by atoms with Gasteiger partial charge in [-0.1, -0.05) is 121 Å². The van der Waals surface area contributed by atoms with Crippen molar-refractivity contribution in [2.75, 3.05) is 0 Å². The fourth-order valence-corrected chi connectivity index (χ4v) is 7.45. The molecule has 0 fully saturated rings. The molecule has 0 saturated carbocycles. The van der Waals surface area contributed by atoms with Crippen LogP contribution in [-0.4, -0.2) is 4.57 Å². The Bertz CT molecular complexity index is 2630. The Hall–Kier alpha value is -5.86. The minimum Gasteiger partial charge on any atom is -0.456 e. The number of benzene rings is 8. The molecule has 9 aromatic rings. The van der Waals surface area contributed by atoms with Crippen LogP contribution in [-0.2, 0) is 0 Å². The van der Waals surface area contributed by atoms with Crippen LogP contribution in [0.2, 0.25) is 0 Å². The molecule has 0 N–H and O–H groups in total. The maximum atomic E-state index is 6.45. The first-order valence-electron chi connectivity index (χ1n) is 15.1. The van der Waals surface area contributed by atoms with E-state index < -0.39 is 0 Å². The highest BCUT2D eigenvalue weighted by Gasteiger charge is 2.23. The fourth-order valence-electron chi connectivity index (χ4n) is 7.45. The zero-order valence-corrected chi connectivity index (χ0v) is 23.8. The summed E-state index contributed by atoms with van der Waals surface area (Å²) in [7, 11) is 0. The van der Waals surface area contributed by atoms with E-state index in [0.29, 0.717) is 0 Å². The van der Waals surface area contributed by atoms with Gasteiger partial charge in [-0.05, 0) is 63.2 Å². The van der Waals surface area contributed by atoms with Gasteiger partial charge in [0.1, 0.15) is 11.5 Å². The summed E-state index contributed by atoms with van der Waals surface area (Å²) in [4.78, 5) is 0. The highest BCUT2D eigenvalue weighted by molar-refractivity contribution is 6.23. The van der Waals surface area contributed by atoms with Crippen LogP contribution >= 0.6 is 0 Å². The molecule has 0 bridgehead atoms. The van der Waals surface area contributed by atoms with E-state index in [1.54, 1.807) is 0 Å². The highest BCUT2D eigenvalue weighted by atomic mass is 16.5. The van der Waals surface area contributed by atoms with Crippen molar-refractivity contribution in [2.45, 2.75) is 0 Å². The number of hydrogen-bond acceptors (Lipinski definition) is 1. The maximum absolute atomic E-state index is 6.45. The summed E-state index contributed by atoms with van der Waals surface area (Å²) < 4.78 is 8.93. The highest BCUT2D eigenvalue weighted by Crippen LogP contribution is 2.49. The Balaban J connectivity index is 1.31. The number of aromatic nitrogens is 1. The van der Waals surface area contributed by atoms with E-state index in [0.717, 1.165) is 17.1 Å².